The summed E-state index contributed by atoms with van der Waals surface area (Å²) in [7, 11) is 1.85. The first kappa shape index (κ1) is 24.0. The summed E-state index contributed by atoms with van der Waals surface area (Å²) in [4.78, 5) is 9.22. The lowest BCUT2D eigenvalue weighted by molar-refractivity contribution is 0.0523. The second-order valence-electron chi connectivity index (χ2n) is 9.19. The van der Waals surface area contributed by atoms with Gasteiger partial charge in [0.2, 0.25) is 0 Å². The number of hydrogen-bond donors (Lipinski definition) is 2. The summed E-state index contributed by atoms with van der Waals surface area (Å²) in [5.41, 5.74) is 8.84. The van der Waals surface area contributed by atoms with Crippen molar-refractivity contribution in [2.75, 3.05) is 50.1 Å². The van der Waals surface area contributed by atoms with Gasteiger partial charge in [0.05, 0.1) is 36.7 Å². The van der Waals surface area contributed by atoms with E-state index in [2.05, 4.69) is 50.9 Å². The van der Waals surface area contributed by atoms with Crippen LogP contribution in [0.1, 0.15) is 41.1 Å². The molecular weight excluding hydrogens is 426 g/mol. The normalized spacial score (nSPS) is 15.7. The highest BCUT2D eigenvalue weighted by molar-refractivity contribution is 5.92. The maximum atomic E-state index is 7.95. The molecule has 2 aliphatic heterocycles. The number of allylic oxidation sites excluding steroid dienone is 2. The van der Waals surface area contributed by atoms with Crippen LogP contribution in [0.25, 0.3) is 0 Å². The summed E-state index contributed by atoms with van der Waals surface area (Å²) in [5.74, 6) is 0.748. The zero-order valence-electron chi connectivity index (χ0n) is 20.8. The highest BCUT2D eigenvalue weighted by Crippen LogP contribution is 2.32. The molecule has 0 atom stereocenters. The fourth-order valence-corrected chi connectivity index (χ4v) is 4.91. The van der Waals surface area contributed by atoms with Gasteiger partial charge in [-0.05, 0) is 32.8 Å². The van der Waals surface area contributed by atoms with Gasteiger partial charge >= 0.3 is 0 Å². The molecule has 0 aliphatic carbocycles. The molecule has 2 aromatic heterocycles. The van der Waals surface area contributed by atoms with Gasteiger partial charge in [-0.2, -0.15) is 5.10 Å². The number of ether oxygens (including phenoxy) is 1. The molecule has 2 aromatic rings. The largest absolute Gasteiger partial charge is 0.378 e. The maximum Gasteiger partial charge on any atom is 0.136 e. The van der Waals surface area contributed by atoms with Crippen molar-refractivity contribution in [1.29, 1.82) is 5.41 Å². The lowest BCUT2D eigenvalue weighted by atomic mass is 10.0. The van der Waals surface area contributed by atoms with Crippen molar-refractivity contribution in [2.24, 2.45) is 0 Å². The first-order valence-electron chi connectivity index (χ1n) is 12.1. The van der Waals surface area contributed by atoms with E-state index in [1.54, 1.807) is 0 Å². The van der Waals surface area contributed by atoms with Gasteiger partial charge in [0.1, 0.15) is 5.82 Å². The smallest absolute Gasteiger partial charge is 0.136 e. The number of hydrogen-bond acceptors (Lipinski definition) is 7. The van der Waals surface area contributed by atoms with Crippen LogP contribution in [0.3, 0.4) is 0 Å². The van der Waals surface area contributed by atoms with Gasteiger partial charge in [-0.1, -0.05) is 18.7 Å². The lowest BCUT2D eigenvalue weighted by Gasteiger charge is -2.31. The number of aryl methyl sites for hydroxylation is 2. The minimum Gasteiger partial charge on any atom is -0.378 e. The van der Waals surface area contributed by atoms with E-state index in [4.69, 9.17) is 15.2 Å². The number of morpholine rings is 1. The van der Waals surface area contributed by atoms with Crippen LogP contribution in [-0.4, -0.2) is 65.8 Å². The average Bonchev–Trinajstić information content (AvgIpc) is 3.16. The first-order chi connectivity index (χ1) is 16.4. The first-order valence-corrected chi connectivity index (χ1v) is 12.1. The van der Waals surface area contributed by atoms with Gasteiger partial charge in [-0.3, -0.25) is 4.68 Å². The van der Waals surface area contributed by atoms with E-state index in [0.717, 1.165) is 93.7 Å². The van der Waals surface area contributed by atoms with Crippen molar-refractivity contribution >= 4 is 17.7 Å². The van der Waals surface area contributed by atoms with Gasteiger partial charge < -0.3 is 25.3 Å². The maximum absolute atomic E-state index is 7.95. The summed E-state index contributed by atoms with van der Waals surface area (Å²) in [6.07, 6.45) is 4.16. The van der Waals surface area contributed by atoms with E-state index in [1.165, 1.54) is 28.7 Å². The molecule has 0 bridgehead atoms. The summed E-state index contributed by atoms with van der Waals surface area (Å²) in [6.45, 7) is 18.6. The quantitative estimate of drug-likeness (QED) is 0.436. The predicted octanol–water partition coefficient (Wildman–Crippen LogP) is 3.68. The van der Waals surface area contributed by atoms with Gasteiger partial charge in [0.25, 0.3) is 0 Å². The van der Waals surface area contributed by atoms with E-state index in [0.29, 0.717) is 0 Å². The Bertz CT molecular complexity index is 1080. The Morgan fingerprint density at radius 1 is 1.21 bits per heavy atom. The Hall–Kier alpha value is -3.13. The van der Waals surface area contributed by atoms with Crippen LogP contribution in [0, 0.1) is 19.3 Å². The second-order valence-corrected chi connectivity index (χ2v) is 9.19. The summed E-state index contributed by atoms with van der Waals surface area (Å²) < 4.78 is 7.59. The highest BCUT2D eigenvalue weighted by Gasteiger charge is 2.26. The molecule has 0 unspecified atom stereocenters. The van der Waals surface area contributed by atoms with Crippen molar-refractivity contribution in [3.63, 3.8) is 0 Å². The van der Waals surface area contributed by atoms with Crippen molar-refractivity contribution < 1.29 is 4.74 Å². The molecule has 8 nitrogen and oxygen atoms in total. The minimum atomic E-state index is 0.747. The Balaban J connectivity index is 1.44. The highest BCUT2D eigenvalue weighted by atomic mass is 16.5. The molecule has 0 spiro atoms. The third-order valence-electron chi connectivity index (χ3n) is 6.82. The minimum absolute atomic E-state index is 0.747. The lowest BCUT2D eigenvalue weighted by Crippen LogP contribution is -2.35. The fraction of sp³-hybridized carbons (Fsp3) is 0.500. The number of rotatable bonds is 9. The third kappa shape index (κ3) is 5.01. The van der Waals surface area contributed by atoms with Crippen molar-refractivity contribution in [3.05, 3.63) is 58.7 Å². The third-order valence-corrected chi connectivity index (χ3v) is 6.82. The second kappa shape index (κ2) is 10.4. The fourth-order valence-electron chi connectivity index (χ4n) is 4.91. The molecule has 4 heterocycles. The molecule has 4 rings (SSSR count). The monoisotopic (exact) mass is 463 g/mol. The van der Waals surface area contributed by atoms with Crippen LogP contribution >= 0.6 is 0 Å². The van der Waals surface area contributed by atoms with Crippen LogP contribution in [0.15, 0.2) is 30.5 Å². The number of anilines is 2. The predicted molar refractivity (Wildman–Crippen MR) is 138 cm³/mol. The zero-order chi connectivity index (χ0) is 24.2. The van der Waals surface area contributed by atoms with E-state index >= 15 is 0 Å². The Morgan fingerprint density at radius 2 is 1.97 bits per heavy atom. The molecule has 1 fully saturated rings. The zero-order valence-corrected chi connectivity index (χ0v) is 20.8. The van der Waals surface area contributed by atoms with Crippen molar-refractivity contribution in [2.45, 2.75) is 46.2 Å². The number of nitrogens with one attached hydrogen (secondary N) is 2. The summed E-state index contributed by atoms with van der Waals surface area (Å²) in [5, 5.41) is 16.0. The van der Waals surface area contributed by atoms with E-state index in [9.17, 15) is 0 Å². The van der Waals surface area contributed by atoms with E-state index in [1.807, 2.05) is 14.0 Å². The molecule has 182 valence electrons. The topological polar surface area (TPSA) is 82.3 Å². The van der Waals surface area contributed by atoms with Crippen LogP contribution in [-0.2, 0) is 24.2 Å². The molecule has 0 aromatic carbocycles. The standard InChI is InChI=1S/C26H37N7O/c1-18(6-7-20(3)31-10-12-34-13-11-31)16-33-24-8-9-32(17-23(24)21(4)30-33)25-14-19(2)29-26(28-5)22(25)15-27/h14-15,27H,1,3,6-13,16-17H2,2,4-5H3,(H,28,29). The number of fused-ring (bicyclic) bond motifs is 1. The number of aromatic nitrogens is 3. The average molecular weight is 464 g/mol. The molecule has 1 saturated heterocycles. The van der Waals surface area contributed by atoms with Crippen LogP contribution < -0.4 is 10.2 Å². The molecule has 2 N–H and O–H groups in total. The van der Waals surface area contributed by atoms with E-state index < -0.39 is 0 Å². The molecule has 34 heavy (non-hydrogen) atoms. The molecule has 0 saturated carbocycles. The van der Waals surface area contributed by atoms with E-state index in [-0.39, 0.29) is 0 Å². The number of pyridine rings is 1. The Labute approximate surface area is 202 Å². The van der Waals surface area contributed by atoms with Crippen molar-refractivity contribution in [3.8, 4) is 0 Å². The van der Waals surface area contributed by atoms with Crippen LogP contribution in [0.4, 0.5) is 11.5 Å². The Kier molecular flexibility index (Phi) is 7.36. The molecule has 0 radical (unpaired) electrons. The summed E-state index contributed by atoms with van der Waals surface area (Å²) in [6, 6.07) is 2.08. The molecule has 2 aliphatic rings. The van der Waals surface area contributed by atoms with Crippen LogP contribution in [0.5, 0.6) is 0 Å². The summed E-state index contributed by atoms with van der Waals surface area (Å²) >= 11 is 0. The van der Waals surface area contributed by atoms with Gasteiger partial charge in [-0.15, -0.1) is 0 Å². The van der Waals surface area contributed by atoms with Gasteiger partial charge in [-0.25, -0.2) is 4.98 Å². The van der Waals surface area contributed by atoms with Crippen LogP contribution in [0.2, 0.25) is 0 Å². The molecule has 0 amide bonds. The Morgan fingerprint density at radius 3 is 2.68 bits per heavy atom. The molecular formula is C26H37N7O. The SMILES string of the molecule is C=C(CCC(=C)N1CCOCC1)Cn1nc(C)c2c1CCN(c1cc(C)nc(NC)c1C=N)C2. The molecule has 8 heteroatoms. The number of nitrogens with zero attached hydrogens (tertiary/aromatic N) is 5. The van der Waals surface area contributed by atoms with Crippen molar-refractivity contribution in [1.82, 2.24) is 19.7 Å². The van der Waals surface area contributed by atoms with Gasteiger partial charge in [0, 0.05) is 68.5 Å². The van der Waals surface area contributed by atoms with Gasteiger partial charge in [0.15, 0.2) is 0 Å².